The van der Waals surface area contributed by atoms with Gasteiger partial charge in [0.25, 0.3) is 0 Å². The first-order valence-electron chi connectivity index (χ1n) is 2.01. The molecular weight excluding hydrogens is 115 g/mol. The van der Waals surface area contributed by atoms with Gasteiger partial charge in [-0.1, -0.05) is 0 Å². The monoisotopic (exact) mass is 121 g/mol. The fraction of sp³-hybridized carbons (Fsp3) is 0.667. The molecule has 1 aliphatic rings. The van der Waals surface area contributed by atoms with Crippen LogP contribution < -0.4 is 0 Å². The summed E-state index contributed by atoms with van der Waals surface area (Å²) in [5, 5.41) is 0. The van der Waals surface area contributed by atoms with Crippen LogP contribution in [-0.2, 0) is 4.57 Å². The molecule has 0 heterocycles. The normalized spacial score (nSPS) is 22.6. The van der Waals surface area contributed by atoms with E-state index in [0.717, 1.165) is 0 Å². The number of hydrogen-bond donors (Lipinski definition) is 2. The molecule has 0 unspecified atom stereocenters. The summed E-state index contributed by atoms with van der Waals surface area (Å²) in [5.74, 6) is 0. The van der Waals surface area contributed by atoms with Crippen molar-refractivity contribution in [3.05, 3.63) is 5.66 Å². The molecule has 0 atom stereocenters. The molecule has 1 saturated carbocycles. The van der Waals surface area contributed by atoms with Crippen LogP contribution in [0.15, 0.2) is 0 Å². The molecule has 3 nitrogen and oxygen atoms in total. The minimum Gasteiger partial charge on any atom is -0.324 e. The van der Waals surface area contributed by atoms with E-state index in [1.165, 1.54) is 0 Å². The third kappa shape index (κ3) is 1.27. The van der Waals surface area contributed by atoms with Crippen molar-refractivity contribution in [3.63, 3.8) is 0 Å². The van der Waals surface area contributed by atoms with E-state index < -0.39 is 7.60 Å². The Labute approximate surface area is 41.5 Å². The average molecular weight is 121 g/mol. The van der Waals surface area contributed by atoms with E-state index in [9.17, 15) is 4.57 Å². The van der Waals surface area contributed by atoms with E-state index in [1.807, 2.05) is 0 Å². The molecule has 1 radical (unpaired) electrons. The Morgan fingerprint density at radius 2 is 1.86 bits per heavy atom. The molecule has 0 amide bonds. The number of hydrogen-bond acceptors (Lipinski definition) is 1. The third-order valence-electron chi connectivity index (χ3n) is 0.886. The smallest absolute Gasteiger partial charge is 0.324 e. The fourth-order valence-corrected chi connectivity index (χ4v) is 1.04. The van der Waals surface area contributed by atoms with Crippen LogP contribution in [0, 0.1) is 5.66 Å². The first kappa shape index (κ1) is 5.29. The molecule has 0 saturated heterocycles. The summed E-state index contributed by atoms with van der Waals surface area (Å²) in [5.41, 5.74) is 0.410. The zero-order chi connectivity index (χ0) is 5.49. The van der Waals surface area contributed by atoms with Crippen molar-refractivity contribution < 1.29 is 14.4 Å². The van der Waals surface area contributed by atoms with Gasteiger partial charge in [0.2, 0.25) is 0 Å². The Balaban J connectivity index is 2.52. The molecule has 4 heteroatoms. The van der Waals surface area contributed by atoms with Gasteiger partial charge in [0.05, 0.1) is 5.66 Å². The van der Waals surface area contributed by atoms with Crippen LogP contribution in [0.1, 0.15) is 12.8 Å². The molecule has 1 fully saturated rings. The standard InChI is InChI=1S/C3H6O3P/c4-7(5,6)3-1-2-3/h1-2H2,(H2,4,5,6). The predicted molar refractivity (Wildman–Crippen MR) is 24.5 cm³/mol. The van der Waals surface area contributed by atoms with E-state index in [1.54, 1.807) is 0 Å². The first-order chi connectivity index (χ1) is 3.11. The van der Waals surface area contributed by atoms with E-state index in [4.69, 9.17) is 9.79 Å². The molecule has 41 valence electrons. The van der Waals surface area contributed by atoms with E-state index in [0.29, 0.717) is 18.5 Å². The summed E-state index contributed by atoms with van der Waals surface area (Å²) in [4.78, 5) is 16.5. The Hall–Kier alpha value is 0.150. The molecular formula is C3H6O3P. The van der Waals surface area contributed by atoms with Crippen LogP contribution in [0.3, 0.4) is 0 Å². The van der Waals surface area contributed by atoms with Crippen molar-refractivity contribution in [1.29, 1.82) is 0 Å². The second kappa shape index (κ2) is 1.31. The van der Waals surface area contributed by atoms with Crippen molar-refractivity contribution in [1.82, 2.24) is 0 Å². The van der Waals surface area contributed by atoms with Crippen molar-refractivity contribution in [2.45, 2.75) is 12.8 Å². The summed E-state index contributed by atoms with van der Waals surface area (Å²) < 4.78 is 10.1. The van der Waals surface area contributed by atoms with Crippen LogP contribution in [-0.4, -0.2) is 9.79 Å². The predicted octanol–water partition coefficient (Wildman–Crippen LogP) is 0.490. The fourth-order valence-electron chi connectivity index (χ4n) is 0.347. The maximum Gasteiger partial charge on any atom is 0.332 e. The highest BCUT2D eigenvalue weighted by Crippen LogP contribution is 2.61. The molecule has 7 heavy (non-hydrogen) atoms. The molecule has 0 aromatic rings. The molecule has 2 N–H and O–H groups in total. The van der Waals surface area contributed by atoms with E-state index in [2.05, 4.69) is 0 Å². The summed E-state index contributed by atoms with van der Waals surface area (Å²) >= 11 is 0. The Morgan fingerprint density at radius 1 is 1.43 bits per heavy atom. The number of rotatable bonds is 1. The highest BCUT2D eigenvalue weighted by Gasteiger charge is 2.39. The molecule has 0 spiro atoms. The van der Waals surface area contributed by atoms with Gasteiger partial charge in [-0.3, -0.25) is 4.57 Å². The second-order valence-electron chi connectivity index (χ2n) is 1.61. The van der Waals surface area contributed by atoms with Crippen LogP contribution in [0.25, 0.3) is 0 Å². The minimum atomic E-state index is -3.71. The summed E-state index contributed by atoms with van der Waals surface area (Å²) in [7, 11) is -3.71. The molecule has 0 aromatic heterocycles. The largest absolute Gasteiger partial charge is 0.332 e. The molecule has 1 rings (SSSR count). The van der Waals surface area contributed by atoms with Gasteiger partial charge in [-0.25, -0.2) is 0 Å². The lowest BCUT2D eigenvalue weighted by atomic mass is 11.0. The van der Waals surface area contributed by atoms with Gasteiger partial charge in [0.1, 0.15) is 0 Å². The lowest BCUT2D eigenvalue weighted by Crippen LogP contribution is -1.73. The van der Waals surface area contributed by atoms with Gasteiger partial charge in [0, 0.05) is 0 Å². The Kier molecular flexibility index (Phi) is 0.991. The second-order valence-corrected chi connectivity index (χ2v) is 3.33. The summed E-state index contributed by atoms with van der Waals surface area (Å²) in [6.07, 6.45) is 1.26. The zero-order valence-corrected chi connectivity index (χ0v) is 4.56. The molecule has 0 bridgehead atoms. The van der Waals surface area contributed by atoms with Crippen LogP contribution in [0.2, 0.25) is 0 Å². The van der Waals surface area contributed by atoms with Gasteiger partial charge >= 0.3 is 7.60 Å². The van der Waals surface area contributed by atoms with E-state index in [-0.39, 0.29) is 0 Å². The summed E-state index contributed by atoms with van der Waals surface area (Å²) in [6, 6.07) is 0. The Morgan fingerprint density at radius 3 is 1.86 bits per heavy atom. The topological polar surface area (TPSA) is 57.5 Å². The Bertz CT molecular complexity index is 111. The van der Waals surface area contributed by atoms with Crippen molar-refractivity contribution in [3.8, 4) is 0 Å². The van der Waals surface area contributed by atoms with Crippen LogP contribution in [0.4, 0.5) is 0 Å². The van der Waals surface area contributed by atoms with Gasteiger partial charge in [0.15, 0.2) is 0 Å². The quantitative estimate of drug-likeness (QED) is 0.496. The van der Waals surface area contributed by atoms with Gasteiger partial charge in [-0.05, 0) is 12.8 Å². The maximum atomic E-state index is 10.1. The minimum absolute atomic E-state index is 0.410. The van der Waals surface area contributed by atoms with Crippen LogP contribution >= 0.6 is 7.60 Å². The van der Waals surface area contributed by atoms with Crippen molar-refractivity contribution >= 4 is 7.60 Å². The molecule has 0 aliphatic heterocycles. The maximum absolute atomic E-state index is 10.1. The van der Waals surface area contributed by atoms with E-state index >= 15 is 0 Å². The van der Waals surface area contributed by atoms with Gasteiger partial charge < -0.3 is 9.79 Å². The molecule has 1 aliphatic carbocycles. The lowest BCUT2D eigenvalue weighted by Gasteiger charge is -1.94. The van der Waals surface area contributed by atoms with Crippen molar-refractivity contribution in [2.24, 2.45) is 0 Å². The first-order valence-corrected chi connectivity index (χ1v) is 3.63. The lowest BCUT2D eigenvalue weighted by molar-refractivity contribution is 0.379. The van der Waals surface area contributed by atoms with Crippen molar-refractivity contribution in [2.75, 3.05) is 0 Å². The van der Waals surface area contributed by atoms with Gasteiger partial charge in [-0.15, -0.1) is 0 Å². The summed E-state index contributed by atoms with van der Waals surface area (Å²) in [6.45, 7) is 0. The highest BCUT2D eigenvalue weighted by molar-refractivity contribution is 7.55. The average Bonchev–Trinajstić information content (AvgIpc) is 1.99. The third-order valence-corrected chi connectivity index (χ3v) is 2.16. The van der Waals surface area contributed by atoms with Crippen LogP contribution in [0.5, 0.6) is 0 Å². The zero-order valence-electron chi connectivity index (χ0n) is 3.66. The molecule has 0 aromatic carbocycles. The highest BCUT2D eigenvalue weighted by atomic mass is 31.2. The van der Waals surface area contributed by atoms with Gasteiger partial charge in [-0.2, -0.15) is 0 Å². The SMILES string of the molecule is O=P(O)(O)[C]1CC1.